The molecule has 1 N–H and O–H groups in total. The lowest BCUT2D eigenvalue weighted by molar-refractivity contribution is -0.122. The molecule has 32 heavy (non-hydrogen) atoms. The fourth-order valence-corrected chi connectivity index (χ4v) is 5.21. The molecule has 176 valence electrons. The maximum atomic E-state index is 13.2. The molecule has 0 unspecified atom stereocenters. The van der Waals surface area contributed by atoms with Gasteiger partial charge in [-0.05, 0) is 80.1 Å². The van der Waals surface area contributed by atoms with Gasteiger partial charge in [0.15, 0.2) is 0 Å². The fraction of sp³-hybridized carbons (Fsp3) is 0.458. The van der Waals surface area contributed by atoms with Crippen molar-refractivity contribution in [3.8, 4) is 5.75 Å². The van der Waals surface area contributed by atoms with Gasteiger partial charge in [0.1, 0.15) is 11.8 Å². The SMILES string of the molecule is COc1cc(C)c([C@@H](C)NC(=O)[C@H](C)N(c2cc(Cl)ccc2C)S(C)(=O)=O)cc1C(C)C. The first-order chi connectivity index (χ1) is 14.8. The van der Waals surface area contributed by atoms with E-state index in [0.717, 1.165) is 33.0 Å². The molecule has 2 aromatic carbocycles. The van der Waals surface area contributed by atoms with Crippen LogP contribution in [0.3, 0.4) is 0 Å². The molecule has 1 amide bonds. The van der Waals surface area contributed by atoms with Crippen LogP contribution in [0.5, 0.6) is 5.75 Å². The first-order valence-electron chi connectivity index (χ1n) is 10.5. The molecule has 2 atom stereocenters. The van der Waals surface area contributed by atoms with Gasteiger partial charge >= 0.3 is 0 Å². The quantitative estimate of drug-likeness (QED) is 0.568. The first-order valence-corrected chi connectivity index (χ1v) is 12.7. The minimum absolute atomic E-state index is 0.248. The Morgan fingerprint density at radius 2 is 1.66 bits per heavy atom. The van der Waals surface area contributed by atoms with Crippen molar-refractivity contribution < 1.29 is 17.9 Å². The van der Waals surface area contributed by atoms with E-state index in [1.807, 2.05) is 26.0 Å². The van der Waals surface area contributed by atoms with E-state index in [-0.39, 0.29) is 12.0 Å². The third-order valence-electron chi connectivity index (χ3n) is 5.56. The van der Waals surface area contributed by atoms with Crippen molar-refractivity contribution in [2.75, 3.05) is 17.7 Å². The number of nitrogens with one attached hydrogen (secondary N) is 1. The number of carbonyl (C=O) groups is 1. The molecule has 0 bridgehead atoms. The maximum absolute atomic E-state index is 13.2. The van der Waals surface area contributed by atoms with Crippen LogP contribution in [0.1, 0.15) is 61.9 Å². The van der Waals surface area contributed by atoms with Gasteiger partial charge in [0.2, 0.25) is 15.9 Å². The Bertz CT molecular complexity index is 1100. The van der Waals surface area contributed by atoms with E-state index in [4.69, 9.17) is 16.3 Å². The van der Waals surface area contributed by atoms with Gasteiger partial charge in [0.05, 0.1) is 25.1 Å². The highest BCUT2D eigenvalue weighted by atomic mass is 35.5. The van der Waals surface area contributed by atoms with E-state index in [1.165, 1.54) is 0 Å². The Morgan fingerprint density at radius 3 is 2.19 bits per heavy atom. The third-order valence-corrected chi connectivity index (χ3v) is 7.03. The van der Waals surface area contributed by atoms with E-state index in [0.29, 0.717) is 16.3 Å². The largest absolute Gasteiger partial charge is 0.496 e. The van der Waals surface area contributed by atoms with E-state index in [1.54, 1.807) is 39.2 Å². The number of ether oxygens (including phenoxy) is 1. The van der Waals surface area contributed by atoms with Crippen LogP contribution < -0.4 is 14.4 Å². The summed E-state index contributed by atoms with van der Waals surface area (Å²) < 4.78 is 31.9. The van der Waals surface area contributed by atoms with Crippen molar-refractivity contribution in [1.82, 2.24) is 5.32 Å². The van der Waals surface area contributed by atoms with Crippen molar-refractivity contribution in [3.05, 3.63) is 57.6 Å². The van der Waals surface area contributed by atoms with E-state index >= 15 is 0 Å². The molecule has 0 radical (unpaired) electrons. The number of nitrogens with zero attached hydrogens (tertiary/aromatic N) is 1. The predicted molar refractivity (Wildman–Crippen MR) is 131 cm³/mol. The molecular formula is C24H33ClN2O4S. The molecule has 2 aromatic rings. The molecule has 0 heterocycles. The monoisotopic (exact) mass is 480 g/mol. The van der Waals surface area contributed by atoms with Crippen LogP contribution in [0.25, 0.3) is 0 Å². The van der Waals surface area contributed by atoms with Crippen LogP contribution in [-0.2, 0) is 14.8 Å². The number of anilines is 1. The number of methoxy groups -OCH3 is 1. The second kappa shape index (κ2) is 10.1. The number of sulfonamides is 1. The number of hydrogen-bond acceptors (Lipinski definition) is 4. The summed E-state index contributed by atoms with van der Waals surface area (Å²) in [5, 5.41) is 3.38. The molecule has 0 aliphatic heterocycles. The van der Waals surface area contributed by atoms with Crippen molar-refractivity contribution >= 4 is 33.2 Å². The van der Waals surface area contributed by atoms with Gasteiger partial charge in [-0.3, -0.25) is 9.10 Å². The molecule has 0 spiro atoms. The number of halogens is 1. The summed E-state index contributed by atoms with van der Waals surface area (Å²) >= 11 is 6.11. The Labute approximate surface area is 197 Å². The first kappa shape index (κ1) is 26.0. The van der Waals surface area contributed by atoms with Crippen LogP contribution in [0, 0.1) is 13.8 Å². The minimum atomic E-state index is -3.74. The van der Waals surface area contributed by atoms with Gasteiger partial charge in [-0.15, -0.1) is 0 Å². The summed E-state index contributed by atoms with van der Waals surface area (Å²) in [6.45, 7) is 11.4. The van der Waals surface area contributed by atoms with Gasteiger partial charge in [-0.25, -0.2) is 8.42 Å². The molecule has 0 saturated carbocycles. The van der Waals surface area contributed by atoms with Crippen molar-refractivity contribution in [2.24, 2.45) is 0 Å². The Kier molecular flexibility index (Phi) is 8.23. The molecule has 0 fully saturated rings. The Balaban J connectivity index is 2.38. The highest BCUT2D eigenvalue weighted by Gasteiger charge is 2.31. The highest BCUT2D eigenvalue weighted by molar-refractivity contribution is 7.92. The Hall–Kier alpha value is -2.25. The average molecular weight is 481 g/mol. The summed E-state index contributed by atoms with van der Waals surface area (Å²) in [4.78, 5) is 13.2. The number of hydrogen-bond donors (Lipinski definition) is 1. The number of amides is 1. The van der Waals surface area contributed by atoms with E-state index in [2.05, 4.69) is 19.2 Å². The topological polar surface area (TPSA) is 75.7 Å². The zero-order valence-electron chi connectivity index (χ0n) is 20.0. The van der Waals surface area contributed by atoms with Crippen LogP contribution >= 0.6 is 11.6 Å². The van der Waals surface area contributed by atoms with Gasteiger partial charge < -0.3 is 10.1 Å². The lowest BCUT2D eigenvalue weighted by Crippen LogP contribution is -2.48. The van der Waals surface area contributed by atoms with Crippen molar-refractivity contribution in [3.63, 3.8) is 0 Å². The van der Waals surface area contributed by atoms with E-state index in [9.17, 15) is 13.2 Å². The van der Waals surface area contributed by atoms with Crippen LogP contribution in [0.4, 0.5) is 5.69 Å². The summed E-state index contributed by atoms with van der Waals surface area (Å²) in [6.07, 6.45) is 1.09. The van der Waals surface area contributed by atoms with Gasteiger partial charge in [-0.1, -0.05) is 31.5 Å². The Morgan fingerprint density at radius 1 is 1.03 bits per heavy atom. The number of carbonyl (C=O) groups excluding carboxylic acids is 1. The number of benzene rings is 2. The second-order valence-electron chi connectivity index (χ2n) is 8.50. The molecular weight excluding hydrogens is 448 g/mol. The molecule has 6 nitrogen and oxygen atoms in total. The average Bonchev–Trinajstić information content (AvgIpc) is 2.68. The van der Waals surface area contributed by atoms with Crippen molar-refractivity contribution in [1.29, 1.82) is 0 Å². The summed E-state index contributed by atoms with van der Waals surface area (Å²) in [7, 11) is -2.10. The van der Waals surface area contributed by atoms with E-state index < -0.39 is 22.0 Å². The molecule has 0 saturated heterocycles. The fourth-order valence-electron chi connectivity index (χ4n) is 3.82. The smallest absolute Gasteiger partial charge is 0.244 e. The summed E-state index contributed by atoms with van der Waals surface area (Å²) in [5.41, 5.74) is 4.09. The lowest BCUT2D eigenvalue weighted by atomic mass is 9.93. The number of aryl methyl sites for hydroxylation is 2. The van der Waals surface area contributed by atoms with Crippen LogP contribution in [0.15, 0.2) is 30.3 Å². The standard InChI is InChI=1S/C24H33ClN2O4S/c1-14(2)20-13-21(16(4)11-23(20)31-7)17(5)26-24(28)18(6)27(32(8,29)30)22-12-19(25)10-9-15(22)3/h9-14,17-18H,1-8H3,(H,26,28)/t17-,18+/m1/s1. The summed E-state index contributed by atoms with van der Waals surface area (Å²) in [6, 6.07) is 7.71. The number of rotatable bonds is 8. The third kappa shape index (κ3) is 5.75. The van der Waals surface area contributed by atoms with Gasteiger partial charge in [0.25, 0.3) is 0 Å². The highest BCUT2D eigenvalue weighted by Crippen LogP contribution is 2.33. The molecule has 0 aromatic heterocycles. The van der Waals surface area contributed by atoms with Gasteiger partial charge in [0, 0.05) is 5.02 Å². The second-order valence-corrected chi connectivity index (χ2v) is 10.8. The predicted octanol–water partition coefficient (Wildman–Crippen LogP) is 5.12. The molecule has 0 aliphatic rings. The maximum Gasteiger partial charge on any atom is 0.244 e. The van der Waals surface area contributed by atoms with Crippen molar-refractivity contribution in [2.45, 2.75) is 59.5 Å². The minimum Gasteiger partial charge on any atom is -0.496 e. The summed E-state index contributed by atoms with van der Waals surface area (Å²) in [5.74, 6) is 0.661. The lowest BCUT2D eigenvalue weighted by Gasteiger charge is -2.31. The molecule has 2 rings (SSSR count). The zero-order valence-corrected chi connectivity index (χ0v) is 21.6. The molecule has 8 heteroatoms. The van der Waals surface area contributed by atoms with Gasteiger partial charge in [-0.2, -0.15) is 0 Å². The van der Waals surface area contributed by atoms with Crippen LogP contribution in [0.2, 0.25) is 5.02 Å². The zero-order chi connectivity index (χ0) is 24.4. The van der Waals surface area contributed by atoms with Crippen LogP contribution in [-0.4, -0.2) is 33.7 Å². The molecule has 0 aliphatic carbocycles. The normalized spacial score (nSPS) is 13.6.